The minimum absolute atomic E-state index is 0.0690. The van der Waals surface area contributed by atoms with Crippen LogP contribution in [0.25, 0.3) is 22.0 Å². The topological polar surface area (TPSA) is 134 Å². The summed E-state index contributed by atoms with van der Waals surface area (Å²) in [6.45, 7) is 8.60. The number of aromatic nitrogens is 2. The van der Waals surface area contributed by atoms with Gasteiger partial charge in [0.2, 0.25) is 0 Å². The molecule has 2 heterocycles. The van der Waals surface area contributed by atoms with Crippen LogP contribution in [0.4, 0.5) is 22.9 Å². The summed E-state index contributed by atoms with van der Waals surface area (Å²) in [6.07, 6.45) is 3.07. The highest BCUT2D eigenvalue weighted by molar-refractivity contribution is 7.99. The Balaban J connectivity index is 1.03. The van der Waals surface area contributed by atoms with Crippen molar-refractivity contribution in [1.29, 1.82) is 0 Å². The Morgan fingerprint density at radius 2 is 1.54 bits per heavy atom. The Hall–Kier alpha value is -5.50. The van der Waals surface area contributed by atoms with Gasteiger partial charge in [-0.2, -0.15) is 0 Å². The second-order valence-corrected chi connectivity index (χ2v) is 17.5. The first-order valence-corrected chi connectivity index (χ1v) is 21.7. The molecule has 6 aromatic rings. The lowest BCUT2D eigenvalue weighted by Crippen LogP contribution is -2.46. The van der Waals surface area contributed by atoms with E-state index in [1.165, 1.54) is 35.2 Å². The first-order chi connectivity index (χ1) is 27.6. The van der Waals surface area contributed by atoms with E-state index >= 15 is 0 Å². The molecule has 2 N–H and O–H groups in total. The van der Waals surface area contributed by atoms with Gasteiger partial charge in [0, 0.05) is 66.6 Å². The van der Waals surface area contributed by atoms with Gasteiger partial charge in [0.1, 0.15) is 12.0 Å². The number of nitrogens with one attached hydrogen (secondary N) is 2. The predicted molar refractivity (Wildman–Crippen MR) is 231 cm³/mol. The molecule has 57 heavy (non-hydrogen) atoms. The van der Waals surface area contributed by atoms with Crippen LogP contribution in [0.15, 0.2) is 137 Å². The second-order valence-electron chi connectivity index (χ2n) is 14.7. The number of rotatable bonds is 16. The van der Waals surface area contributed by atoms with Crippen molar-refractivity contribution in [2.45, 2.75) is 49.1 Å². The molecule has 1 aliphatic rings. The number of hydrogen-bond donors (Lipinski definition) is 2. The SMILES string of the molecule is CC(C)CCC(CSc1ccccc1)Nc1ccc(S(=O)(=O)Nc2ncnc3cc(N4CCN(Cc5ccccc5-c5ccccc5)CC4)ccc23)cc1[N+](=O)[O-]. The van der Waals surface area contributed by atoms with Crippen LogP contribution in [0.2, 0.25) is 0 Å². The smallest absolute Gasteiger partial charge is 0.293 e. The number of nitro benzene ring substituents is 1. The Bertz CT molecular complexity index is 2410. The van der Waals surface area contributed by atoms with Crippen LogP contribution in [-0.2, 0) is 16.6 Å². The summed E-state index contributed by atoms with van der Waals surface area (Å²) in [4.78, 5) is 26.2. The molecule has 7 rings (SSSR count). The van der Waals surface area contributed by atoms with Crippen molar-refractivity contribution < 1.29 is 13.3 Å². The maximum atomic E-state index is 13.7. The quantitative estimate of drug-likeness (QED) is 0.0554. The number of benzene rings is 5. The number of piperazine rings is 1. The minimum atomic E-state index is -4.25. The van der Waals surface area contributed by atoms with Gasteiger partial charge in [-0.25, -0.2) is 18.4 Å². The fourth-order valence-corrected chi connectivity index (χ4v) is 9.13. The van der Waals surface area contributed by atoms with Gasteiger partial charge < -0.3 is 10.2 Å². The van der Waals surface area contributed by atoms with E-state index in [2.05, 4.69) is 92.2 Å². The van der Waals surface area contributed by atoms with Crippen molar-refractivity contribution in [1.82, 2.24) is 14.9 Å². The highest BCUT2D eigenvalue weighted by atomic mass is 32.2. The van der Waals surface area contributed by atoms with Crippen LogP contribution in [-0.4, -0.2) is 66.2 Å². The van der Waals surface area contributed by atoms with Crippen LogP contribution >= 0.6 is 11.8 Å². The molecule has 0 spiro atoms. The third-order valence-corrected chi connectivity index (χ3v) is 12.7. The number of nitrogens with zero attached hydrogens (tertiary/aromatic N) is 5. The van der Waals surface area contributed by atoms with Crippen molar-refractivity contribution in [3.63, 3.8) is 0 Å². The summed E-state index contributed by atoms with van der Waals surface area (Å²) in [6, 6.07) is 38.7. The van der Waals surface area contributed by atoms with Crippen LogP contribution in [0.5, 0.6) is 0 Å². The normalized spacial score (nSPS) is 14.1. The van der Waals surface area contributed by atoms with E-state index in [1.807, 2.05) is 54.6 Å². The summed E-state index contributed by atoms with van der Waals surface area (Å²) in [5.74, 6) is 1.26. The van der Waals surface area contributed by atoms with Gasteiger partial charge in [-0.15, -0.1) is 11.8 Å². The maximum Gasteiger partial charge on any atom is 0.293 e. The Morgan fingerprint density at radius 3 is 2.28 bits per heavy atom. The molecule has 0 radical (unpaired) electrons. The van der Waals surface area contributed by atoms with Gasteiger partial charge >= 0.3 is 0 Å². The molecule has 0 amide bonds. The van der Waals surface area contributed by atoms with Crippen LogP contribution in [0.1, 0.15) is 32.3 Å². The molecular weight excluding hydrogens is 755 g/mol. The number of fused-ring (bicyclic) bond motifs is 1. The van der Waals surface area contributed by atoms with Gasteiger partial charge in [0.05, 0.1) is 15.3 Å². The number of sulfonamides is 1. The molecule has 1 aromatic heterocycles. The minimum Gasteiger partial charge on any atom is -0.376 e. The standard InChI is InChI=1S/C44H47N7O4S2/c1-32(2)17-18-35(30-56-37-14-7-4-8-15-37)47-41-22-20-38(28-43(41)51(52)53)57(54,55)48-44-40-21-19-36(27-42(40)45-31-46-44)50-25-23-49(24-26-50)29-34-13-9-10-16-39(34)33-11-5-3-6-12-33/h3-16,19-22,27-28,31-32,35,47H,17-18,23-26,29-30H2,1-2H3,(H,45,46,48). The number of anilines is 3. The zero-order chi connectivity index (χ0) is 39.8. The van der Waals surface area contributed by atoms with Crippen molar-refractivity contribution in [2.75, 3.05) is 46.9 Å². The zero-order valence-corrected chi connectivity index (χ0v) is 33.8. The lowest BCUT2D eigenvalue weighted by atomic mass is 9.99. The van der Waals surface area contributed by atoms with Crippen molar-refractivity contribution in [3.8, 4) is 11.1 Å². The lowest BCUT2D eigenvalue weighted by molar-refractivity contribution is -0.384. The molecule has 1 atom stereocenters. The summed E-state index contributed by atoms with van der Waals surface area (Å²) in [5.41, 5.74) is 5.32. The maximum absolute atomic E-state index is 13.7. The third-order valence-electron chi connectivity index (χ3n) is 10.2. The third kappa shape index (κ3) is 10.1. The summed E-state index contributed by atoms with van der Waals surface area (Å²) in [7, 11) is -4.25. The largest absolute Gasteiger partial charge is 0.376 e. The van der Waals surface area contributed by atoms with Crippen molar-refractivity contribution in [3.05, 3.63) is 143 Å². The van der Waals surface area contributed by atoms with E-state index in [1.54, 1.807) is 11.8 Å². The molecule has 1 saturated heterocycles. The van der Waals surface area contributed by atoms with E-state index in [-0.39, 0.29) is 28.1 Å². The van der Waals surface area contributed by atoms with E-state index in [9.17, 15) is 18.5 Å². The van der Waals surface area contributed by atoms with E-state index < -0.39 is 14.9 Å². The van der Waals surface area contributed by atoms with E-state index in [0.717, 1.165) is 62.2 Å². The van der Waals surface area contributed by atoms with Crippen LogP contribution in [0, 0.1) is 16.0 Å². The van der Waals surface area contributed by atoms with Crippen molar-refractivity contribution >= 4 is 55.6 Å². The van der Waals surface area contributed by atoms with Crippen LogP contribution < -0.4 is 14.9 Å². The molecule has 1 aliphatic heterocycles. The molecule has 0 bridgehead atoms. The van der Waals surface area contributed by atoms with E-state index in [4.69, 9.17) is 0 Å². The predicted octanol–water partition coefficient (Wildman–Crippen LogP) is 9.34. The molecule has 13 heteroatoms. The second kappa shape index (κ2) is 18.2. The van der Waals surface area contributed by atoms with Gasteiger partial charge in [-0.05, 0) is 77.9 Å². The molecule has 294 valence electrons. The average molecular weight is 802 g/mol. The molecule has 5 aromatic carbocycles. The fourth-order valence-electron chi connectivity index (χ4n) is 7.09. The molecule has 0 saturated carbocycles. The summed E-state index contributed by atoms with van der Waals surface area (Å²) < 4.78 is 30.0. The molecule has 1 unspecified atom stereocenters. The summed E-state index contributed by atoms with van der Waals surface area (Å²) in [5, 5.41) is 16.2. The number of thioether (sulfide) groups is 1. The number of hydrogen-bond acceptors (Lipinski definition) is 10. The molecule has 11 nitrogen and oxygen atoms in total. The van der Waals surface area contributed by atoms with Gasteiger partial charge in [0.15, 0.2) is 5.82 Å². The molecular formula is C44H47N7O4S2. The first-order valence-electron chi connectivity index (χ1n) is 19.2. The zero-order valence-electron chi connectivity index (χ0n) is 32.1. The number of nitro groups is 1. The van der Waals surface area contributed by atoms with Gasteiger partial charge in [-0.3, -0.25) is 19.7 Å². The van der Waals surface area contributed by atoms with Crippen LogP contribution in [0.3, 0.4) is 0 Å². The molecule has 1 fully saturated rings. The Labute approximate surface area is 338 Å². The molecule has 0 aliphatic carbocycles. The average Bonchev–Trinajstić information content (AvgIpc) is 3.22. The Morgan fingerprint density at radius 1 is 0.825 bits per heavy atom. The highest BCUT2D eigenvalue weighted by Crippen LogP contribution is 2.33. The monoisotopic (exact) mass is 801 g/mol. The fraction of sp³-hybridized carbons (Fsp3) is 0.273. The van der Waals surface area contributed by atoms with E-state index in [0.29, 0.717) is 22.6 Å². The first kappa shape index (κ1) is 39.7. The summed E-state index contributed by atoms with van der Waals surface area (Å²) >= 11 is 1.68. The highest BCUT2D eigenvalue weighted by Gasteiger charge is 2.25. The Kier molecular flexibility index (Phi) is 12.7. The van der Waals surface area contributed by atoms with Gasteiger partial charge in [-0.1, -0.05) is 86.6 Å². The lowest BCUT2D eigenvalue weighted by Gasteiger charge is -2.36. The van der Waals surface area contributed by atoms with Crippen molar-refractivity contribution in [2.24, 2.45) is 5.92 Å². The van der Waals surface area contributed by atoms with Gasteiger partial charge in [0.25, 0.3) is 15.7 Å².